The maximum Gasteiger partial charge on any atom is 0.303 e. The molecular weight excluding hydrogens is 266 g/mol. The number of carbonyl (C=O) groups is 1. The van der Waals surface area contributed by atoms with Crippen LogP contribution in [-0.4, -0.2) is 26.1 Å². The molecule has 0 aliphatic rings. The molecule has 1 N–H and O–H groups in total. The molecule has 0 unspecified atom stereocenters. The van der Waals surface area contributed by atoms with E-state index in [9.17, 15) is 4.79 Å². The first-order chi connectivity index (χ1) is 10.0. The summed E-state index contributed by atoms with van der Waals surface area (Å²) >= 11 is 0. The lowest BCUT2D eigenvalue weighted by Gasteiger charge is -2.04. The minimum atomic E-state index is -0.742. The van der Waals surface area contributed by atoms with Gasteiger partial charge in [0.25, 0.3) is 0 Å². The number of hydrogen-bond donors (Lipinski definition) is 1. The van der Waals surface area contributed by atoms with Gasteiger partial charge in [-0.3, -0.25) is 4.79 Å². The van der Waals surface area contributed by atoms with Crippen molar-refractivity contribution in [1.29, 1.82) is 0 Å². The number of carboxylic acid groups (broad SMARTS) is 1. The van der Waals surface area contributed by atoms with Gasteiger partial charge in [-0.15, -0.1) is 5.10 Å². The molecule has 0 amide bonds. The number of aliphatic carboxylic acids is 1. The van der Waals surface area contributed by atoms with E-state index in [0.717, 1.165) is 18.5 Å². The van der Waals surface area contributed by atoms with Crippen LogP contribution in [0.5, 0.6) is 0 Å². The fourth-order valence-corrected chi connectivity index (χ4v) is 2.46. The van der Waals surface area contributed by atoms with Crippen LogP contribution in [0.4, 0.5) is 0 Å². The van der Waals surface area contributed by atoms with Crippen molar-refractivity contribution in [3.05, 3.63) is 46.8 Å². The molecule has 0 fully saturated rings. The molecule has 0 saturated heterocycles. The van der Waals surface area contributed by atoms with Gasteiger partial charge in [0.05, 0.1) is 12.2 Å². The van der Waals surface area contributed by atoms with Crippen molar-refractivity contribution < 1.29 is 9.90 Å². The van der Waals surface area contributed by atoms with Crippen molar-refractivity contribution in [3.63, 3.8) is 0 Å². The van der Waals surface area contributed by atoms with Crippen molar-refractivity contribution in [2.24, 2.45) is 0 Å². The van der Waals surface area contributed by atoms with Gasteiger partial charge in [0.15, 0.2) is 0 Å². The van der Waals surface area contributed by atoms with Gasteiger partial charge in [-0.2, -0.15) is 0 Å². The SMILES string of the molecule is Cc1cc(C)cc(Cn2cc(CCCCC(=O)O)nn2)c1. The maximum atomic E-state index is 10.4. The Balaban J connectivity index is 1.89. The van der Waals surface area contributed by atoms with Crippen LogP contribution >= 0.6 is 0 Å². The third kappa shape index (κ3) is 5.02. The van der Waals surface area contributed by atoms with Crippen LogP contribution in [0.15, 0.2) is 24.4 Å². The van der Waals surface area contributed by atoms with Crippen molar-refractivity contribution in [1.82, 2.24) is 15.0 Å². The summed E-state index contributed by atoms with van der Waals surface area (Å²) in [5.41, 5.74) is 4.64. The molecule has 0 radical (unpaired) electrons. The van der Waals surface area contributed by atoms with Gasteiger partial charge in [-0.05, 0) is 38.7 Å². The summed E-state index contributed by atoms with van der Waals surface area (Å²) in [6, 6.07) is 6.46. The second-order valence-corrected chi connectivity index (χ2v) is 5.50. The quantitative estimate of drug-likeness (QED) is 0.795. The van der Waals surface area contributed by atoms with Crippen molar-refractivity contribution in [3.8, 4) is 0 Å². The Hall–Kier alpha value is -2.17. The molecule has 0 aliphatic carbocycles. The summed E-state index contributed by atoms with van der Waals surface area (Å²) in [4.78, 5) is 10.4. The molecule has 2 rings (SSSR count). The van der Waals surface area contributed by atoms with E-state index in [1.807, 2.05) is 10.9 Å². The van der Waals surface area contributed by atoms with Crippen LogP contribution in [-0.2, 0) is 17.8 Å². The Morgan fingerprint density at radius 3 is 2.57 bits per heavy atom. The van der Waals surface area contributed by atoms with Gasteiger partial charge in [-0.1, -0.05) is 34.5 Å². The smallest absolute Gasteiger partial charge is 0.303 e. The topological polar surface area (TPSA) is 68.0 Å². The van der Waals surface area contributed by atoms with Crippen molar-refractivity contribution in [2.75, 3.05) is 0 Å². The number of nitrogens with zero attached hydrogens (tertiary/aromatic N) is 3. The van der Waals surface area contributed by atoms with Gasteiger partial charge in [0.2, 0.25) is 0 Å². The molecule has 1 aromatic heterocycles. The van der Waals surface area contributed by atoms with Gasteiger partial charge in [0.1, 0.15) is 0 Å². The van der Waals surface area contributed by atoms with Crippen LogP contribution in [0.1, 0.15) is 41.6 Å². The Bertz CT molecular complexity index is 599. The highest BCUT2D eigenvalue weighted by molar-refractivity contribution is 5.66. The van der Waals surface area contributed by atoms with E-state index in [1.54, 1.807) is 0 Å². The van der Waals surface area contributed by atoms with E-state index in [1.165, 1.54) is 16.7 Å². The predicted octanol–water partition coefficient (Wildman–Crippen LogP) is 2.74. The highest BCUT2D eigenvalue weighted by atomic mass is 16.4. The Morgan fingerprint density at radius 1 is 1.19 bits per heavy atom. The summed E-state index contributed by atoms with van der Waals surface area (Å²) in [6.07, 6.45) is 4.45. The second-order valence-electron chi connectivity index (χ2n) is 5.50. The van der Waals surface area contributed by atoms with E-state index in [4.69, 9.17) is 5.11 Å². The zero-order valence-electron chi connectivity index (χ0n) is 12.5. The highest BCUT2D eigenvalue weighted by Crippen LogP contribution is 2.11. The first-order valence-corrected chi connectivity index (χ1v) is 7.21. The monoisotopic (exact) mass is 287 g/mol. The van der Waals surface area contributed by atoms with Crippen LogP contribution in [0.2, 0.25) is 0 Å². The Morgan fingerprint density at radius 2 is 1.90 bits per heavy atom. The molecule has 0 bridgehead atoms. The first-order valence-electron chi connectivity index (χ1n) is 7.21. The van der Waals surface area contributed by atoms with E-state index >= 15 is 0 Å². The number of carboxylic acids is 1. The minimum absolute atomic E-state index is 0.219. The molecule has 0 saturated carbocycles. The highest BCUT2D eigenvalue weighted by Gasteiger charge is 2.04. The third-order valence-electron chi connectivity index (χ3n) is 3.29. The van der Waals surface area contributed by atoms with Gasteiger partial charge in [0, 0.05) is 12.6 Å². The molecule has 1 heterocycles. The second kappa shape index (κ2) is 7.02. The summed E-state index contributed by atoms with van der Waals surface area (Å²) in [5.74, 6) is -0.742. The van der Waals surface area contributed by atoms with Crippen molar-refractivity contribution in [2.45, 2.75) is 46.1 Å². The summed E-state index contributed by atoms with van der Waals surface area (Å²) in [5, 5.41) is 16.9. The maximum absolute atomic E-state index is 10.4. The minimum Gasteiger partial charge on any atom is -0.481 e. The average Bonchev–Trinajstić information content (AvgIpc) is 2.81. The normalized spacial score (nSPS) is 10.8. The average molecular weight is 287 g/mol. The van der Waals surface area contributed by atoms with Gasteiger partial charge >= 0.3 is 5.97 Å². The Kier molecular flexibility index (Phi) is 5.09. The number of hydrogen-bond acceptors (Lipinski definition) is 3. The van der Waals surface area contributed by atoms with Crippen LogP contribution < -0.4 is 0 Å². The summed E-state index contributed by atoms with van der Waals surface area (Å²) in [7, 11) is 0. The lowest BCUT2D eigenvalue weighted by atomic mass is 10.1. The number of rotatable bonds is 7. The largest absolute Gasteiger partial charge is 0.481 e. The van der Waals surface area contributed by atoms with Gasteiger partial charge < -0.3 is 5.11 Å². The first kappa shape index (κ1) is 15.2. The number of aromatic nitrogens is 3. The molecule has 5 heteroatoms. The molecular formula is C16H21N3O2. The molecule has 112 valence electrons. The molecule has 1 aromatic carbocycles. The van der Waals surface area contributed by atoms with E-state index in [0.29, 0.717) is 13.0 Å². The molecule has 0 spiro atoms. The fraction of sp³-hybridized carbons (Fsp3) is 0.438. The van der Waals surface area contributed by atoms with E-state index in [2.05, 4.69) is 42.4 Å². The predicted molar refractivity (Wildman–Crippen MR) is 80.2 cm³/mol. The lowest BCUT2D eigenvalue weighted by molar-refractivity contribution is -0.137. The number of aryl methyl sites for hydroxylation is 3. The summed E-state index contributed by atoms with van der Waals surface area (Å²) in [6.45, 7) is 4.89. The number of benzene rings is 1. The van der Waals surface area contributed by atoms with Crippen LogP contribution in [0.3, 0.4) is 0 Å². The molecule has 0 aliphatic heterocycles. The van der Waals surface area contributed by atoms with E-state index in [-0.39, 0.29) is 6.42 Å². The fourth-order valence-electron chi connectivity index (χ4n) is 2.46. The third-order valence-corrected chi connectivity index (χ3v) is 3.29. The van der Waals surface area contributed by atoms with Gasteiger partial charge in [-0.25, -0.2) is 4.68 Å². The lowest BCUT2D eigenvalue weighted by Crippen LogP contribution is -2.01. The van der Waals surface area contributed by atoms with Crippen molar-refractivity contribution >= 4 is 5.97 Å². The summed E-state index contributed by atoms with van der Waals surface area (Å²) < 4.78 is 1.83. The van der Waals surface area contributed by atoms with Crippen LogP contribution in [0, 0.1) is 13.8 Å². The number of unbranched alkanes of at least 4 members (excludes halogenated alkanes) is 1. The van der Waals surface area contributed by atoms with Crippen LogP contribution in [0.25, 0.3) is 0 Å². The molecule has 0 atom stereocenters. The standard InChI is InChI=1S/C16H21N3O2/c1-12-7-13(2)9-14(8-12)10-19-11-15(17-18-19)5-3-4-6-16(20)21/h7-9,11H,3-6,10H2,1-2H3,(H,20,21). The molecule has 2 aromatic rings. The molecule has 21 heavy (non-hydrogen) atoms. The molecule has 5 nitrogen and oxygen atoms in total. The zero-order valence-corrected chi connectivity index (χ0v) is 12.5. The Labute approximate surface area is 124 Å². The van der Waals surface area contributed by atoms with E-state index < -0.39 is 5.97 Å². The zero-order chi connectivity index (χ0) is 15.2.